The van der Waals surface area contributed by atoms with E-state index in [0.29, 0.717) is 0 Å². The second kappa shape index (κ2) is 9.12. The normalized spacial score (nSPS) is 24.7. The molecule has 0 aromatic rings. The number of hydrogen-bond donors (Lipinski definition) is 0. The van der Waals surface area contributed by atoms with Crippen LogP contribution in [0.2, 0.25) is 0 Å². The molecule has 126 valence electrons. The van der Waals surface area contributed by atoms with Gasteiger partial charge in [0.05, 0.1) is 5.60 Å². The molecule has 2 aliphatic heterocycles. The maximum absolute atomic E-state index is 5.94. The summed E-state index contributed by atoms with van der Waals surface area (Å²) in [6, 6.07) is 0. The first kappa shape index (κ1) is 18.9. The summed E-state index contributed by atoms with van der Waals surface area (Å²) in [4.78, 5) is 5.07. The van der Waals surface area contributed by atoms with Crippen molar-refractivity contribution in [1.82, 2.24) is 9.80 Å². The molecule has 3 heteroatoms. The van der Waals surface area contributed by atoms with E-state index < -0.39 is 0 Å². The van der Waals surface area contributed by atoms with E-state index in [0.717, 1.165) is 18.4 Å². The van der Waals surface area contributed by atoms with Crippen LogP contribution in [0.5, 0.6) is 0 Å². The molecule has 0 N–H and O–H groups in total. The van der Waals surface area contributed by atoms with E-state index in [1.165, 1.54) is 51.9 Å². The molecule has 3 nitrogen and oxygen atoms in total. The van der Waals surface area contributed by atoms with E-state index >= 15 is 0 Å². The van der Waals surface area contributed by atoms with E-state index in [1.807, 2.05) is 21.0 Å². The van der Waals surface area contributed by atoms with Crippen molar-refractivity contribution >= 4 is 0 Å². The van der Waals surface area contributed by atoms with Crippen molar-refractivity contribution in [2.24, 2.45) is 11.8 Å². The predicted molar refractivity (Wildman–Crippen MR) is 91.8 cm³/mol. The molecule has 2 saturated heterocycles. The lowest BCUT2D eigenvalue weighted by molar-refractivity contribution is -0.0777. The zero-order valence-corrected chi connectivity index (χ0v) is 15.3. The summed E-state index contributed by atoms with van der Waals surface area (Å²) in [5.74, 6) is 1.79. The van der Waals surface area contributed by atoms with E-state index in [-0.39, 0.29) is 5.60 Å². The maximum Gasteiger partial charge on any atom is 0.0829 e. The van der Waals surface area contributed by atoms with Crippen LogP contribution in [0.15, 0.2) is 0 Å². The lowest BCUT2D eigenvalue weighted by atomic mass is 9.85. The van der Waals surface area contributed by atoms with Crippen molar-refractivity contribution < 1.29 is 4.74 Å². The highest BCUT2D eigenvalue weighted by Crippen LogP contribution is 2.30. The Morgan fingerprint density at radius 1 is 1.05 bits per heavy atom. The summed E-state index contributed by atoms with van der Waals surface area (Å²) >= 11 is 0. The van der Waals surface area contributed by atoms with Crippen LogP contribution in [0.25, 0.3) is 0 Å². The van der Waals surface area contributed by atoms with Crippen LogP contribution in [-0.2, 0) is 4.74 Å². The third-order valence-electron chi connectivity index (χ3n) is 5.42. The second-order valence-electron chi connectivity index (χ2n) is 7.05. The molecular formula is C18H38N2O. The van der Waals surface area contributed by atoms with Gasteiger partial charge >= 0.3 is 0 Å². The van der Waals surface area contributed by atoms with Crippen molar-refractivity contribution in [3.05, 3.63) is 0 Å². The minimum Gasteiger partial charge on any atom is -0.377 e. The van der Waals surface area contributed by atoms with Crippen LogP contribution in [0.3, 0.4) is 0 Å². The van der Waals surface area contributed by atoms with E-state index in [9.17, 15) is 0 Å². The van der Waals surface area contributed by atoms with Gasteiger partial charge in [-0.1, -0.05) is 27.7 Å². The third-order valence-corrected chi connectivity index (χ3v) is 5.42. The molecule has 0 radical (unpaired) electrons. The summed E-state index contributed by atoms with van der Waals surface area (Å²) < 4.78 is 5.94. The Hall–Kier alpha value is -0.120. The average Bonchev–Trinajstić information content (AvgIpc) is 2.52. The van der Waals surface area contributed by atoms with Gasteiger partial charge in [-0.3, -0.25) is 0 Å². The van der Waals surface area contributed by atoms with Crippen LogP contribution in [0.4, 0.5) is 0 Å². The number of hydrogen-bond acceptors (Lipinski definition) is 3. The summed E-state index contributed by atoms with van der Waals surface area (Å²) in [6.07, 6.45) is 5.11. The maximum atomic E-state index is 5.94. The molecule has 0 atom stereocenters. The number of ether oxygens (including phenoxy) is 1. The monoisotopic (exact) mass is 298 g/mol. The standard InChI is InChI=1S/C16H32N2O.C2H6/c1-14(2)15-5-9-18(10-6-15)13-16(19-4)7-11-17(3)12-8-16;1-2/h14-15H,5-13H2,1-4H3;1-2H3. The first-order chi connectivity index (χ1) is 10.0. The summed E-state index contributed by atoms with van der Waals surface area (Å²) in [5, 5.41) is 0. The van der Waals surface area contributed by atoms with E-state index in [2.05, 4.69) is 30.7 Å². The highest BCUT2D eigenvalue weighted by atomic mass is 16.5. The second-order valence-corrected chi connectivity index (χ2v) is 7.05. The van der Waals surface area contributed by atoms with Gasteiger partial charge in [-0.2, -0.15) is 0 Å². The molecule has 0 amide bonds. The lowest BCUT2D eigenvalue weighted by Crippen LogP contribution is -2.52. The Morgan fingerprint density at radius 3 is 2.00 bits per heavy atom. The van der Waals surface area contributed by atoms with Crippen molar-refractivity contribution in [2.45, 2.75) is 59.0 Å². The summed E-state index contributed by atoms with van der Waals surface area (Å²) in [5.41, 5.74) is 0.122. The molecule has 0 saturated carbocycles. The quantitative estimate of drug-likeness (QED) is 0.790. The largest absolute Gasteiger partial charge is 0.377 e. The van der Waals surface area contributed by atoms with Gasteiger partial charge < -0.3 is 14.5 Å². The number of methoxy groups -OCH3 is 1. The molecule has 2 heterocycles. The predicted octanol–water partition coefficient (Wildman–Crippen LogP) is 3.49. The third kappa shape index (κ3) is 5.54. The van der Waals surface area contributed by atoms with Crippen LogP contribution < -0.4 is 0 Å². The van der Waals surface area contributed by atoms with E-state index in [4.69, 9.17) is 4.74 Å². The Bertz CT molecular complexity index is 264. The molecule has 0 unspecified atom stereocenters. The van der Waals surface area contributed by atoms with Crippen molar-refractivity contribution in [2.75, 3.05) is 46.9 Å². The van der Waals surface area contributed by atoms with Crippen molar-refractivity contribution in [1.29, 1.82) is 0 Å². The average molecular weight is 299 g/mol. The molecule has 0 aromatic carbocycles. The molecule has 21 heavy (non-hydrogen) atoms. The Balaban J connectivity index is 0.00000106. The summed E-state index contributed by atoms with van der Waals surface area (Å²) in [7, 11) is 4.12. The van der Waals surface area contributed by atoms with Crippen LogP contribution >= 0.6 is 0 Å². The van der Waals surface area contributed by atoms with Gasteiger partial charge in [0, 0.05) is 26.7 Å². The number of piperidine rings is 2. The highest BCUT2D eigenvalue weighted by Gasteiger charge is 2.36. The Labute approximate surface area is 133 Å². The molecule has 0 aliphatic carbocycles. The minimum atomic E-state index is 0.122. The fraction of sp³-hybridized carbons (Fsp3) is 1.00. The zero-order valence-electron chi connectivity index (χ0n) is 15.3. The summed E-state index contributed by atoms with van der Waals surface area (Å²) in [6.45, 7) is 14.8. The van der Waals surface area contributed by atoms with Gasteiger partial charge in [0.2, 0.25) is 0 Å². The van der Waals surface area contributed by atoms with Crippen LogP contribution in [0.1, 0.15) is 53.4 Å². The Kier molecular flexibility index (Phi) is 8.22. The number of likely N-dealkylation sites (tertiary alicyclic amines) is 2. The van der Waals surface area contributed by atoms with Gasteiger partial charge in [-0.25, -0.2) is 0 Å². The van der Waals surface area contributed by atoms with E-state index in [1.54, 1.807) is 0 Å². The number of nitrogens with zero attached hydrogens (tertiary/aromatic N) is 2. The first-order valence-electron chi connectivity index (χ1n) is 9.01. The van der Waals surface area contributed by atoms with Crippen molar-refractivity contribution in [3.63, 3.8) is 0 Å². The number of rotatable bonds is 4. The SMILES string of the molecule is CC.COC1(CN2CCC(C(C)C)CC2)CCN(C)CC1. The fourth-order valence-electron chi connectivity index (χ4n) is 3.64. The molecule has 2 rings (SSSR count). The van der Waals surface area contributed by atoms with Gasteiger partial charge in [-0.05, 0) is 57.7 Å². The highest BCUT2D eigenvalue weighted by molar-refractivity contribution is 4.90. The van der Waals surface area contributed by atoms with Gasteiger partial charge in [-0.15, -0.1) is 0 Å². The van der Waals surface area contributed by atoms with Gasteiger partial charge in [0.15, 0.2) is 0 Å². The molecule has 0 spiro atoms. The van der Waals surface area contributed by atoms with Crippen LogP contribution in [0, 0.1) is 11.8 Å². The lowest BCUT2D eigenvalue weighted by Gasteiger charge is -2.44. The molecule has 2 aliphatic rings. The molecule has 2 fully saturated rings. The van der Waals surface area contributed by atoms with Gasteiger partial charge in [0.1, 0.15) is 0 Å². The molecular weight excluding hydrogens is 260 g/mol. The van der Waals surface area contributed by atoms with Crippen LogP contribution in [-0.4, -0.2) is 62.3 Å². The Morgan fingerprint density at radius 2 is 1.57 bits per heavy atom. The minimum absolute atomic E-state index is 0.122. The zero-order chi connectivity index (χ0) is 15.9. The molecule has 0 aromatic heterocycles. The topological polar surface area (TPSA) is 15.7 Å². The van der Waals surface area contributed by atoms with Gasteiger partial charge in [0.25, 0.3) is 0 Å². The first-order valence-corrected chi connectivity index (χ1v) is 9.01. The fourth-order valence-corrected chi connectivity index (χ4v) is 3.64. The van der Waals surface area contributed by atoms with Crippen molar-refractivity contribution in [3.8, 4) is 0 Å². The smallest absolute Gasteiger partial charge is 0.0829 e. The molecule has 0 bridgehead atoms.